The molecule has 1 aromatic carbocycles. The van der Waals surface area contributed by atoms with Crippen molar-refractivity contribution in [1.29, 1.82) is 0 Å². The van der Waals surface area contributed by atoms with Crippen LogP contribution < -0.4 is 10.1 Å². The van der Waals surface area contributed by atoms with Gasteiger partial charge in [-0.25, -0.2) is 0 Å². The molecule has 2 atom stereocenters. The summed E-state index contributed by atoms with van der Waals surface area (Å²) in [4.78, 5) is 0. The summed E-state index contributed by atoms with van der Waals surface area (Å²) < 4.78 is 11.1. The minimum absolute atomic E-state index is 0.156. The van der Waals surface area contributed by atoms with Gasteiger partial charge in [0.1, 0.15) is 17.3 Å². The highest BCUT2D eigenvalue weighted by molar-refractivity contribution is 5.39. The van der Waals surface area contributed by atoms with Crippen LogP contribution in [0.4, 0.5) is 0 Å². The Morgan fingerprint density at radius 1 is 1.05 bits per heavy atom. The number of aryl methyl sites for hydroxylation is 2. The summed E-state index contributed by atoms with van der Waals surface area (Å²) in [6.07, 6.45) is 0. The van der Waals surface area contributed by atoms with Crippen molar-refractivity contribution in [2.45, 2.75) is 39.8 Å². The number of furan rings is 1. The molecule has 0 saturated heterocycles. The lowest BCUT2D eigenvalue weighted by molar-refractivity contribution is 0.375. The van der Waals surface area contributed by atoms with Crippen LogP contribution in [-0.4, -0.2) is 7.11 Å². The molecule has 2 rings (SSSR count). The van der Waals surface area contributed by atoms with Gasteiger partial charge in [0.15, 0.2) is 0 Å². The Hall–Kier alpha value is -1.74. The van der Waals surface area contributed by atoms with E-state index in [0.717, 1.165) is 17.3 Å². The summed E-state index contributed by atoms with van der Waals surface area (Å²) in [6.45, 7) is 8.30. The van der Waals surface area contributed by atoms with E-state index in [4.69, 9.17) is 9.15 Å². The van der Waals surface area contributed by atoms with Gasteiger partial charge in [-0.2, -0.15) is 0 Å². The van der Waals surface area contributed by atoms with Crippen molar-refractivity contribution in [3.05, 3.63) is 53.0 Å². The number of nitrogens with one attached hydrogen (secondary N) is 1. The first-order valence-electron chi connectivity index (χ1n) is 6.98. The monoisotopic (exact) mass is 273 g/mol. The molecule has 2 unspecified atom stereocenters. The van der Waals surface area contributed by atoms with Gasteiger partial charge in [0.05, 0.1) is 13.2 Å². The second-order valence-electron chi connectivity index (χ2n) is 5.30. The minimum atomic E-state index is 0.156. The maximum Gasteiger partial charge on any atom is 0.123 e. The van der Waals surface area contributed by atoms with Crippen LogP contribution in [0.25, 0.3) is 0 Å². The molecule has 0 radical (unpaired) electrons. The standard InChI is InChI=1S/C17H23NO2/c1-11-6-8-17(19-5)15(10-11)13(3)18-14(4)16-9-7-12(2)20-16/h6-10,13-14,18H,1-5H3. The molecular formula is C17H23NO2. The number of benzene rings is 1. The molecule has 0 bridgehead atoms. The molecule has 0 fully saturated rings. The molecule has 0 aliphatic rings. The zero-order valence-electron chi connectivity index (χ0n) is 12.9. The minimum Gasteiger partial charge on any atom is -0.496 e. The molecule has 1 heterocycles. The van der Waals surface area contributed by atoms with Crippen molar-refractivity contribution in [2.24, 2.45) is 0 Å². The normalized spacial score (nSPS) is 14.1. The quantitative estimate of drug-likeness (QED) is 0.881. The van der Waals surface area contributed by atoms with E-state index in [1.54, 1.807) is 7.11 Å². The molecule has 0 aliphatic carbocycles. The van der Waals surface area contributed by atoms with Crippen LogP contribution in [0.2, 0.25) is 0 Å². The van der Waals surface area contributed by atoms with E-state index in [9.17, 15) is 0 Å². The number of ether oxygens (including phenoxy) is 1. The fraction of sp³-hybridized carbons (Fsp3) is 0.412. The van der Waals surface area contributed by atoms with Gasteiger partial charge in [-0.1, -0.05) is 17.7 Å². The summed E-state index contributed by atoms with van der Waals surface area (Å²) in [6, 6.07) is 10.6. The van der Waals surface area contributed by atoms with Crippen LogP contribution >= 0.6 is 0 Å². The molecule has 1 N–H and O–H groups in total. The van der Waals surface area contributed by atoms with Crippen LogP contribution in [0.15, 0.2) is 34.7 Å². The van der Waals surface area contributed by atoms with Crippen LogP contribution in [0.5, 0.6) is 5.75 Å². The van der Waals surface area contributed by atoms with Gasteiger partial charge in [-0.3, -0.25) is 0 Å². The zero-order chi connectivity index (χ0) is 14.7. The van der Waals surface area contributed by atoms with Crippen molar-refractivity contribution in [3.63, 3.8) is 0 Å². The van der Waals surface area contributed by atoms with Crippen molar-refractivity contribution < 1.29 is 9.15 Å². The largest absolute Gasteiger partial charge is 0.496 e. The second kappa shape index (κ2) is 6.14. The van der Waals surface area contributed by atoms with E-state index in [1.165, 1.54) is 11.1 Å². The molecule has 1 aromatic heterocycles. The third-order valence-corrected chi connectivity index (χ3v) is 3.54. The van der Waals surface area contributed by atoms with Crippen molar-refractivity contribution in [1.82, 2.24) is 5.32 Å². The molecule has 0 aliphatic heterocycles. The van der Waals surface area contributed by atoms with Crippen molar-refractivity contribution >= 4 is 0 Å². The van der Waals surface area contributed by atoms with Crippen molar-refractivity contribution in [2.75, 3.05) is 7.11 Å². The summed E-state index contributed by atoms with van der Waals surface area (Å²) in [7, 11) is 1.71. The highest BCUT2D eigenvalue weighted by Gasteiger charge is 2.16. The summed E-state index contributed by atoms with van der Waals surface area (Å²) in [5, 5.41) is 3.55. The molecule has 0 spiro atoms. The number of methoxy groups -OCH3 is 1. The van der Waals surface area contributed by atoms with Gasteiger partial charge in [0, 0.05) is 11.6 Å². The Kier molecular flexibility index (Phi) is 4.50. The average Bonchev–Trinajstić information content (AvgIpc) is 2.85. The molecule has 2 aromatic rings. The zero-order valence-corrected chi connectivity index (χ0v) is 12.9. The Morgan fingerprint density at radius 3 is 2.40 bits per heavy atom. The molecule has 0 saturated carbocycles. The van der Waals surface area contributed by atoms with E-state index in [1.807, 2.05) is 25.1 Å². The van der Waals surface area contributed by atoms with E-state index in [2.05, 4.69) is 38.2 Å². The van der Waals surface area contributed by atoms with Crippen LogP contribution in [0.3, 0.4) is 0 Å². The number of hydrogen-bond donors (Lipinski definition) is 1. The van der Waals surface area contributed by atoms with Gasteiger partial charge in [-0.05, 0) is 45.9 Å². The Balaban J connectivity index is 2.15. The van der Waals surface area contributed by atoms with Crippen molar-refractivity contribution in [3.8, 4) is 5.75 Å². The van der Waals surface area contributed by atoms with Gasteiger partial charge in [0.2, 0.25) is 0 Å². The summed E-state index contributed by atoms with van der Waals surface area (Å²) in [5.41, 5.74) is 2.40. The predicted octanol–water partition coefficient (Wildman–Crippen LogP) is 4.32. The molecule has 20 heavy (non-hydrogen) atoms. The Bertz CT molecular complexity index is 574. The van der Waals surface area contributed by atoms with Crippen LogP contribution in [0, 0.1) is 13.8 Å². The average molecular weight is 273 g/mol. The molecule has 3 heteroatoms. The Morgan fingerprint density at radius 2 is 1.80 bits per heavy atom. The van der Waals surface area contributed by atoms with E-state index >= 15 is 0 Å². The van der Waals surface area contributed by atoms with E-state index < -0.39 is 0 Å². The van der Waals surface area contributed by atoms with Crippen LogP contribution in [0.1, 0.15) is 48.6 Å². The first-order valence-corrected chi connectivity index (χ1v) is 6.98. The molecule has 108 valence electrons. The van der Waals surface area contributed by atoms with E-state index in [-0.39, 0.29) is 12.1 Å². The molecule has 3 nitrogen and oxygen atoms in total. The fourth-order valence-corrected chi connectivity index (χ4v) is 2.43. The maximum atomic E-state index is 5.67. The lowest BCUT2D eigenvalue weighted by atomic mass is 10.0. The highest BCUT2D eigenvalue weighted by atomic mass is 16.5. The number of hydrogen-bond acceptors (Lipinski definition) is 3. The van der Waals surface area contributed by atoms with E-state index in [0.29, 0.717) is 0 Å². The maximum absolute atomic E-state index is 5.67. The smallest absolute Gasteiger partial charge is 0.123 e. The second-order valence-corrected chi connectivity index (χ2v) is 5.30. The van der Waals surface area contributed by atoms with Gasteiger partial charge in [-0.15, -0.1) is 0 Å². The Labute approximate surface area is 121 Å². The molecular weight excluding hydrogens is 250 g/mol. The lowest BCUT2D eigenvalue weighted by Crippen LogP contribution is -2.22. The SMILES string of the molecule is COc1ccc(C)cc1C(C)NC(C)c1ccc(C)o1. The van der Waals surface area contributed by atoms with Gasteiger partial charge < -0.3 is 14.5 Å². The third-order valence-electron chi connectivity index (χ3n) is 3.54. The first-order chi connectivity index (χ1) is 9.51. The van der Waals surface area contributed by atoms with Gasteiger partial charge in [0.25, 0.3) is 0 Å². The van der Waals surface area contributed by atoms with Gasteiger partial charge >= 0.3 is 0 Å². The third kappa shape index (κ3) is 3.23. The predicted molar refractivity (Wildman–Crippen MR) is 81.1 cm³/mol. The number of rotatable bonds is 5. The lowest BCUT2D eigenvalue weighted by Gasteiger charge is -2.21. The highest BCUT2D eigenvalue weighted by Crippen LogP contribution is 2.28. The molecule has 0 amide bonds. The first kappa shape index (κ1) is 14.7. The van der Waals surface area contributed by atoms with Crippen LogP contribution in [-0.2, 0) is 0 Å². The topological polar surface area (TPSA) is 34.4 Å². The summed E-state index contributed by atoms with van der Waals surface area (Å²) in [5.74, 6) is 2.81. The fourth-order valence-electron chi connectivity index (χ4n) is 2.43. The summed E-state index contributed by atoms with van der Waals surface area (Å²) >= 11 is 0.